The number of aromatic nitrogens is 2. The van der Waals surface area contributed by atoms with Crippen LogP contribution in [0.3, 0.4) is 0 Å². The van der Waals surface area contributed by atoms with Crippen LogP contribution in [0.25, 0.3) is 10.9 Å². The second-order valence-electron chi connectivity index (χ2n) is 6.67. The lowest BCUT2D eigenvalue weighted by Crippen LogP contribution is -2.33. The maximum absolute atomic E-state index is 12.6. The minimum absolute atomic E-state index is 0.0898. The zero-order valence-corrected chi connectivity index (χ0v) is 17.1. The molecule has 29 heavy (non-hydrogen) atoms. The van der Waals surface area contributed by atoms with Crippen LogP contribution in [0.15, 0.2) is 58.2 Å². The second-order valence-corrected chi connectivity index (χ2v) is 8.72. The van der Waals surface area contributed by atoms with Crippen molar-refractivity contribution >= 4 is 26.9 Å². The quantitative estimate of drug-likeness (QED) is 0.618. The van der Waals surface area contributed by atoms with E-state index in [9.17, 15) is 18.0 Å². The standard InChI is InChI=1S/C20H21N3O5S/c1-13-8-10-15(11-9-13)29(26,27)23(3)12-18(24)28-14(2)19-21-17-7-5-4-6-16(17)20(25)22-19/h4-11,14H,12H2,1-3H3,(H,21,22,25)/t14-/m1/s1. The number of fused-ring (bicyclic) bond motifs is 1. The van der Waals surface area contributed by atoms with Crippen LogP contribution in [-0.2, 0) is 19.6 Å². The minimum Gasteiger partial charge on any atom is -0.454 e. The maximum Gasteiger partial charge on any atom is 0.321 e. The molecule has 0 radical (unpaired) electrons. The Hall–Kier alpha value is -3.04. The van der Waals surface area contributed by atoms with Crippen molar-refractivity contribution in [1.82, 2.24) is 14.3 Å². The summed E-state index contributed by atoms with van der Waals surface area (Å²) < 4.78 is 31.4. The number of rotatable bonds is 6. The van der Waals surface area contributed by atoms with E-state index in [4.69, 9.17) is 4.74 Å². The Labute approximate surface area is 168 Å². The van der Waals surface area contributed by atoms with Crippen molar-refractivity contribution in [2.75, 3.05) is 13.6 Å². The summed E-state index contributed by atoms with van der Waals surface area (Å²) in [6, 6.07) is 13.1. The Morgan fingerprint density at radius 3 is 2.52 bits per heavy atom. The van der Waals surface area contributed by atoms with Gasteiger partial charge in [-0.2, -0.15) is 4.31 Å². The molecule has 1 heterocycles. The van der Waals surface area contributed by atoms with Gasteiger partial charge < -0.3 is 9.72 Å². The third-order valence-electron chi connectivity index (χ3n) is 4.41. The Morgan fingerprint density at radius 1 is 1.17 bits per heavy atom. The molecular formula is C20H21N3O5S. The molecule has 3 aromatic rings. The van der Waals surface area contributed by atoms with Gasteiger partial charge in [0.1, 0.15) is 6.54 Å². The zero-order chi connectivity index (χ0) is 21.2. The first-order chi connectivity index (χ1) is 13.7. The summed E-state index contributed by atoms with van der Waals surface area (Å²) in [5.41, 5.74) is 1.07. The molecule has 1 N–H and O–H groups in total. The van der Waals surface area contributed by atoms with E-state index in [1.165, 1.54) is 19.2 Å². The Kier molecular flexibility index (Phi) is 5.81. The largest absolute Gasteiger partial charge is 0.454 e. The monoisotopic (exact) mass is 415 g/mol. The first kappa shape index (κ1) is 20.7. The number of nitrogens with one attached hydrogen (secondary N) is 1. The third kappa shape index (κ3) is 4.52. The number of carbonyl (C=O) groups is 1. The van der Waals surface area contributed by atoms with Gasteiger partial charge in [-0.25, -0.2) is 13.4 Å². The summed E-state index contributed by atoms with van der Waals surface area (Å²) in [6.45, 7) is 2.93. The number of hydrogen-bond acceptors (Lipinski definition) is 6. The van der Waals surface area contributed by atoms with Crippen molar-refractivity contribution < 1.29 is 17.9 Å². The van der Waals surface area contributed by atoms with Crippen LogP contribution in [0.5, 0.6) is 0 Å². The van der Waals surface area contributed by atoms with Crippen molar-refractivity contribution in [1.29, 1.82) is 0 Å². The summed E-state index contributed by atoms with van der Waals surface area (Å²) >= 11 is 0. The van der Waals surface area contributed by atoms with E-state index in [-0.39, 0.29) is 16.3 Å². The van der Waals surface area contributed by atoms with Crippen LogP contribution in [0.4, 0.5) is 0 Å². The van der Waals surface area contributed by atoms with E-state index >= 15 is 0 Å². The fourth-order valence-corrected chi connectivity index (χ4v) is 3.86. The smallest absolute Gasteiger partial charge is 0.321 e. The van der Waals surface area contributed by atoms with Gasteiger partial charge in [0.25, 0.3) is 5.56 Å². The highest BCUT2D eigenvalue weighted by Crippen LogP contribution is 2.17. The molecule has 1 atom stereocenters. The molecule has 1 aromatic heterocycles. The molecule has 0 aliphatic rings. The van der Waals surface area contributed by atoms with Crippen LogP contribution in [0, 0.1) is 6.92 Å². The normalized spacial score (nSPS) is 12.8. The number of H-pyrrole nitrogens is 1. The Morgan fingerprint density at radius 2 is 1.83 bits per heavy atom. The highest BCUT2D eigenvalue weighted by molar-refractivity contribution is 7.89. The highest BCUT2D eigenvalue weighted by Gasteiger charge is 2.25. The van der Waals surface area contributed by atoms with Gasteiger partial charge in [0.2, 0.25) is 10.0 Å². The third-order valence-corrected chi connectivity index (χ3v) is 6.22. The average molecular weight is 415 g/mol. The number of hydrogen-bond donors (Lipinski definition) is 1. The Bertz CT molecular complexity index is 1200. The van der Waals surface area contributed by atoms with Crippen molar-refractivity contribution in [3.05, 3.63) is 70.3 Å². The number of sulfonamides is 1. The molecule has 0 bridgehead atoms. The number of para-hydroxylation sites is 1. The molecule has 8 nitrogen and oxygen atoms in total. The molecule has 2 aromatic carbocycles. The van der Waals surface area contributed by atoms with Crippen molar-refractivity contribution in [2.45, 2.75) is 24.8 Å². The molecule has 0 amide bonds. The molecule has 0 aliphatic heterocycles. The highest BCUT2D eigenvalue weighted by atomic mass is 32.2. The summed E-state index contributed by atoms with van der Waals surface area (Å²) in [7, 11) is -2.52. The van der Waals surface area contributed by atoms with E-state index in [0.717, 1.165) is 9.87 Å². The van der Waals surface area contributed by atoms with Crippen molar-refractivity contribution in [3.63, 3.8) is 0 Å². The van der Waals surface area contributed by atoms with Gasteiger partial charge in [0.15, 0.2) is 11.9 Å². The summed E-state index contributed by atoms with van der Waals surface area (Å²) in [4.78, 5) is 31.4. The molecule has 9 heteroatoms. The summed E-state index contributed by atoms with van der Waals surface area (Å²) in [6.07, 6.45) is -0.852. The van der Waals surface area contributed by atoms with Crippen molar-refractivity contribution in [3.8, 4) is 0 Å². The topological polar surface area (TPSA) is 109 Å². The van der Waals surface area contributed by atoms with Gasteiger partial charge in [-0.3, -0.25) is 9.59 Å². The lowest BCUT2D eigenvalue weighted by atomic mass is 10.2. The Balaban J connectivity index is 1.71. The molecular weight excluding hydrogens is 394 g/mol. The van der Waals surface area contributed by atoms with E-state index in [0.29, 0.717) is 10.9 Å². The lowest BCUT2D eigenvalue weighted by molar-refractivity contribution is -0.148. The first-order valence-corrected chi connectivity index (χ1v) is 10.3. The number of ether oxygens (including phenoxy) is 1. The van der Waals surface area contributed by atoms with Gasteiger partial charge in [-0.15, -0.1) is 0 Å². The molecule has 0 unspecified atom stereocenters. The lowest BCUT2D eigenvalue weighted by Gasteiger charge is -2.18. The molecule has 152 valence electrons. The average Bonchev–Trinajstić information content (AvgIpc) is 2.68. The van der Waals surface area contributed by atoms with Gasteiger partial charge in [0.05, 0.1) is 15.8 Å². The molecule has 0 aliphatic carbocycles. The van der Waals surface area contributed by atoms with E-state index in [1.54, 1.807) is 43.3 Å². The maximum atomic E-state index is 12.6. The summed E-state index contributed by atoms with van der Waals surface area (Å²) in [5.74, 6) is -0.572. The van der Waals surface area contributed by atoms with Crippen molar-refractivity contribution in [2.24, 2.45) is 0 Å². The second kappa shape index (κ2) is 8.14. The number of likely N-dealkylation sites (N-methyl/N-ethyl adjacent to an activating group) is 1. The van der Waals surface area contributed by atoms with E-state index in [2.05, 4.69) is 9.97 Å². The molecule has 0 fully saturated rings. The fourth-order valence-electron chi connectivity index (χ4n) is 2.74. The number of aromatic amines is 1. The number of carbonyl (C=O) groups excluding carboxylic acids is 1. The molecule has 0 saturated carbocycles. The molecule has 0 spiro atoms. The van der Waals surface area contributed by atoms with E-state index < -0.39 is 28.6 Å². The van der Waals surface area contributed by atoms with Crippen LogP contribution in [0.2, 0.25) is 0 Å². The van der Waals surface area contributed by atoms with Crippen LogP contribution < -0.4 is 5.56 Å². The number of benzene rings is 2. The van der Waals surface area contributed by atoms with Crippen LogP contribution >= 0.6 is 0 Å². The number of aryl methyl sites for hydroxylation is 1. The summed E-state index contributed by atoms with van der Waals surface area (Å²) in [5, 5.41) is 0.429. The molecule has 0 saturated heterocycles. The number of esters is 1. The predicted molar refractivity (Wildman–Crippen MR) is 108 cm³/mol. The predicted octanol–water partition coefficient (Wildman–Crippen LogP) is 2.16. The molecule has 3 rings (SSSR count). The fraction of sp³-hybridized carbons (Fsp3) is 0.250. The minimum atomic E-state index is -3.83. The van der Waals surface area contributed by atoms with Gasteiger partial charge in [-0.1, -0.05) is 29.8 Å². The van der Waals surface area contributed by atoms with Gasteiger partial charge in [0, 0.05) is 7.05 Å². The first-order valence-electron chi connectivity index (χ1n) is 8.90. The SMILES string of the molecule is Cc1ccc(S(=O)(=O)N(C)CC(=O)O[C@H](C)c2nc3ccccc3c(=O)[nH]2)cc1. The van der Waals surface area contributed by atoms with Crippen LogP contribution in [0.1, 0.15) is 24.4 Å². The zero-order valence-electron chi connectivity index (χ0n) is 16.2. The van der Waals surface area contributed by atoms with Gasteiger partial charge >= 0.3 is 5.97 Å². The number of nitrogens with zero attached hydrogens (tertiary/aromatic N) is 2. The van der Waals surface area contributed by atoms with E-state index in [1.807, 2.05) is 6.92 Å². The van der Waals surface area contributed by atoms with Crippen LogP contribution in [-0.4, -0.2) is 42.3 Å². The van der Waals surface area contributed by atoms with Gasteiger partial charge in [-0.05, 0) is 38.1 Å².